The van der Waals surface area contributed by atoms with Crippen LogP contribution in [0.25, 0.3) is 0 Å². The van der Waals surface area contributed by atoms with Crippen molar-refractivity contribution < 1.29 is 18.0 Å². The van der Waals surface area contributed by atoms with Gasteiger partial charge in [0.25, 0.3) is 0 Å². The number of rotatable bonds is 3. The van der Waals surface area contributed by atoms with Crippen molar-refractivity contribution in [1.29, 1.82) is 5.26 Å². The fourth-order valence-electron chi connectivity index (χ4n) is 1.87. The molecular formula is C13H12F3N5OS. The predicted octanol–water partition coefficient (Wildman–Crippen LogP) is 2.51. The molecular weight excluding hydrogens is 331 g/mol. The van der Waals surface area contributed by atoms with E-state index in [4.69, 9.17) is 5.26 Å². The van der Waals surface area contributed by atoms with Crippen LogP contribution in [0.3, 0.4) is 0 Å². The van der Waals surface area contributed by atoms with Crippen molar-refractivity contribution in [2.45, 2.75) is 26.6 Å². The lowest BCUT2D eigenvalue weighted by atomic mass is 10.2. The molecule has 122 valence electrons. The molecule has 23 heavy (non-hydrogen) atoms. The van der Waals surface area contributed by atoms with E-state index in [-0.39, 0.29) is 17.8 Å². The van der Waals surface area contributed by atoms with Gasteiger partial charge in [-0.05, 0) is 31.4 Å². The Balaban J connectivity index is 2.22. The molecule has 2 aromatic rings. The van der Waals surface area contributed by atoms with Gasteiger partial charge in [0.2, 0.25) is 5.91 Å². The van der Waals surface area contributed by atoms with Crippen molar-refractivity contribution in [1.82, 2.24) is 14.2 Å². The zero-order valence-corrected chi connectivity index (χ0v) is 13.3. The van der Waals surface area contributed by atoms with Crippen LogP contribution in [-0.2, 0) is 17.5 Å². The minimum Gasteiger partial charge on any atom is -0.303 e. The summed E-state index contributed by atoms with van der Waals surface area (Å²) in [6.45, 7) is 2.72. The number of hydrogen-bond acceptors (Lipinski definition) is 5. The largest absolute Gasteiger partial charge is 0.435 e. The Hall–Kier alpha value is -2.41. The summed E-state index contributed by atoms with van der Waals surface area (Å²) in [7, 11) is 1.44. The summed E-state index contributed by atoms with van der Waals surface area (Å²) in [5.74, 6) is -0.495. The van der Waals surface area contributed by atoms with Gasteiger partial charge in [-0.15, -0.1) is 0 Å². The number of carbonyl (C=O) groups excluding carboxylic acids is 1. The smallest absolute Gasteiger partial charge is 0.303 e. The highest BCUT2D eigenvalue weighted by Crippen LogP contribution is 2.29. The van der Waals surface area contributed by atoms with Gasteiger partial charge in [0.1, 0.15) is 23.2 Å². The van der Waals surface area contributed by atoms with Crippen molar-refractivity contribution >= 4 is 22.4 Å². The third-order valence-electron chi connectivity index (χ3n) is 3.19. The molecule has 0 aromatic carbocycles. The lowest BCUT2D eigenvalue weighted by Gasteiger charge is -2.15. The number of halogens is 3. The molecule has 2 aromatic heterocycles. The Kier molecular flexibility index (Phi) is 4.42. The number of amides is 1. The zero-order chi connectivity index (χ0) is 17.4. The second-order valence-corrected chi connectivity index (χ2v) is 5.59. The summed E-state index contributed by atoms with van der Waals surface area (Å²) >= 11 is 0.984. The molecule has 0 fully saturated rings. The summed E-state index contributed by atoms with van der Waals surface area (Å²) in [6.07, 6.45) is -4.56. The Morgan fingerprint density at radius 3 is 2.65 bits per heavy atom. The molecule has 0 spiro atoms. The first-order chi connectivity index (χ1) is 10.6. The SMILES string of the molecule is Cc1nsc(N(C)C(=O)Cn2nc(C(F)(F)F)cc2C)c1C#N. The molecule has 2 rings (SSSR count). The minimum atomic E-state index is -4.56. The maximum atomic E-state index is 12.6. The van der Waals surface area contributed by atoms with Crippen LogP contribution in [0.2, 0.25) is 0 Å². The van der Waals surface area contributed by atoms with E-state index in [2.05, 4.69) is 9.47 Å². The van der Waals surface area contributed by atoms with E-state index in [1.54, 1.807) is 6.92 Å². The number of aryl methyl sites for hydroxylation is 2. The second-order valence-electron chi connectivity index (χ2n) is 4.84. The van der Waals surface area contributed by atoms with E-state index < -0.39 is 17.8 Å². The minimum absolute atomic E-state index is 0.222. The van der Waals surface area contributed by atoms with Crippen LogP contribution in [0.5, 0.6) is 0 Å². The summed E-state index contributed by atoms with van der Waals surface area (Å²) in [5.41, 5.74) is -0.0438. The van der Waals surface area contributed by atoms with Gasteiger partial charge < -0.3 is 4.90 Å². The molecule has 10 heteroatoms. The van der Waals surface area contributed by atoms with Gasteiger partial charge in [0.05, 0.1) is 5.69 Å². The van der Waals surface area contributed by atoms with Crippen LogP contribution in [0.4, 0.5) is 18.2 Å². The standard InChI is InChI=1S/C13H12F3N5OS/c1-7-4-10(13(14,15)16)18-21(7)6-11(22)20(3)12-9(5-17)8(2)19-23-12/h4H,6H2,1-3H3. The lowest BCUT2D eigenvalue weighted by Crippen LogP contribution is -2.30. The molecule has 0 N–H and O–H groups in total. The number of carbonyl (C=O) groups is 1. The average Bonchev–Trinajstić information content (AvgIpc) is 3.01. The molecule has 0 saturated carbocycles. The zero-order valence-electron chi connectivity index (χ0n) is 12.5. The number of nitriles is 1. The number of nitrogens with zero attached hydrogens (tertiary/aromatic N) is 5. The molecule has 0 aliphatic heterocycles. The quantitative estimate of drug-likeness (QED) is 0.858. The summed E-state index contributed by atoms with van der Waals surface area (Å²) in [4.78, 5) is 13.5. The van der Waals surface area contributed by atoms with Gasteiger partial charge in [-0.3, -0.25) is 9.48 Å². The Labute approximate surface area is 133 Å². The third-order valence-corrected chi connectivity index (χ3v) is 4.21. The predicted molar refractivity (Wildman–Crippen MR) is 76.9 cm³/mol. The maximum absolute atomic E-state index is 12.6. The highest BCUT2D eigenvalue weighted by Gasteiger charge is 2.34. The van der Waals surface area contributed by atoms with Gasteiger partial charge in [-0.25, -0.2) is 0 Å². The van der Waals surface area contributed by atoms with Gasteiger partial charge in [0, 0.05) is 12.7 Å². The topological polar surface area (TPSA) is 74.8 Å². The van der Waals surface area contributed by atoms with Crippen molar-refractivity contribution in [3.05, 3.63) is 28.7 Å². The van der Waals surface area contributed by atoms with Crippen LogP contribution < -0.4 is 4.90 Å². The first-order valence-electron chi connectivity index (χ1n) is 6.39. The number of aromatic nitrogens is 3. The Bertz CT molecular complexity index is 787. The molecule has 0 unspecified atom stereocenters. The monoisotopic (exact) mass is 343 g/mol. The summed E-state index contributed by atoms with van der Waals surface area (Å²) < 4.78 is 42.9. The summed E-state index contributed by atoms with van der Waals surface area (Å²) in [5, 5.41) is 12.9. The van der Waals surface area contributed by atoms with Gasteiger partial charge >= 0.3 is 6.18 Å². The van der Waals surface area contributed by atoms with Crippen molar-refractivity contribution in [2.75, 3.05) is 11.9 Å². The third kappa shape index (κ3) is 3.34. The molecule has 6 nitrogen and oxygen atoms in total. The lowest BCUT2D eigenvalue weighted by molar-refractivity contribution is -0.141. The molecule has 1 amide bonds. The van der Waals surface area contributed by atoms with Gasteiger partial charge in [-0.2, -0.15) is 27.9 Å². The first-order valence-corrected chi connectivity index (χ1v) is 7.17. The van der Waals surface area contributed by atoms with Crippen molar-refractivity contribution in [2.24, 2.45) is 0 Å². The van der Waals surface area contributed by atoms with Crippen LogP contribution in [0.1, 0.15) is 22.6 Å². The highest BCUT2D eigenvalue weighted by molar-refractivity contribution is 7.10. The number of alkyl halides is 3. The van der Waals surface area contributed by atoms with E-state index >= 15 is 0 Å². The fraction of sp³-hybridized carbons (Fsp3) is 0.385. The molecule has 2 heterocycles. The van der Waals surface area contributed by atoms with E-state index in [0.717, 1.165) is 22.3 Å². The average molecular weight is 343 g/mol. The second kappa shape index (κ2) is 6.00. The van der Waals surface area contributed by atoms with Crippen LogP contribution in [0, 0.1) is 25.2 Å². The van der Waals surface area contributed by atoms with Crippen molar-refractivity contribution in [3.63, 3.8) is 0 Å². The van der Waals surface area contributed by atoms with Crippen LogP contribution in [0.15, 0.2) is 6.07 Å². The van der Waals surface area contributed by atoms with Gasteiger partial charge in [0.15, 0.2) is 5.69 Å². The van der Waals surface area contributed by atoms with Crippen LogP contribution in [-0.4, -0.2) is 27.1 Å². The number of likely N-dealkylation sites (N-methyl/N-ethyl adjacent to an activating group) is 1. The van der Waals surface area contributed by atoms with Gasteiger partial charge in [-0.1, -0.05) is 0 Å². The Morgan fingerprint density at radius 1 is 1.48 bits per heavy atom. The molecule has 0 atom stereocenters. The first kappa shape index (κ1) is 17.0. The summed E-state index contributed by atoms with van der Waals surface area (Å²) in [6, 6.07) is 2.84. The normalized spacial score (nSPS) is 11.3. The molecule has 0 bridgehead atoms. The molecule has 0 aliphatic carbocycles. The molecule has 0 aliphatic rings. The van der Waals surface area contributed by atoms with E-state index in [0.29, 0.717) is 10.7 Å². The van der Waals surface area contributed by atoms with E-state index in [9.17, 15) is 18.0 Å². The maximum Gasteiger partial charge on any atom is 0.435 e. The number of hydrogen-bond donors (Lipinski definition) is 0. The van der Waals surface area contributed by atoms with E-state index in [1.807, 2.05) is 6.07 Å². The molecule has 0 radical (unpaired) electrons. The van der Waals surface area contributed by atoms with Crippen molar-refractivity contribution in [3.8, 4) is 6.07 Å². The number of anilines is 1. The van der Waals surface area contributed by atoms with E-state index in [1.165, 1.54) is 18.9 Å². The Morgan fingerprint density at radius 2 is 2.13 bits per heavy atom. The van der Waals surface area contributed by atoms with Crippen LogP contribution >= 0.6 is 11.5 Å². The fourth-order valence-corrected chi connectivity index (χ4v) is 2.70. The molecule has 0 saturated heterocycles. The highest BCUT2D eigenvalue weighted by atomic mass is 32.1.